The van der Waals surface area contributed by atoms with Gasteiger partial charge in [0, 0.05) is 6.42 Å². The number of hydrogen-bond acceptors (Lipinski definition) is 4. The molecule has 0 unspecified atom stereocenters. The quantitative estimate of drug-likeness (QED) is 0.634. The number of anilines is 1. The molecule has 2 aromatic carbocycles. The molecule has 1 aliphatic rings. The van der Waals surface area contributed by atoms with Crippen LogP contribution in [0.3, 0.4) is 0 Å². The molecule has 0 radical (unpaired) electrons. The molecule has 6 heteroatoms. The van der Waals surface area contributed by atoms with Gasteiger partial charge in [-0.15, -0.1) is 0 Å². The van der Waals surface area contributed by atoms with Gasteiger partial charge in [-0.05, 0) is 42.3 Å². The molecular formula is C17H16N2O4. The minimum absolute atomic E-state index is 0.207. The first-order valence-electron chi connectivity index (χ1n) is 7.17. The monoisotopic (exact) mass is 312 g/mol. The van der Waals surface area contributed by atoms with Gasteiger partial charge in [-0.2, -0.15) is 0 Å². The number of hydrogen-bond donors (Lipinski definition) is 4. The van der Waals surface area contributed by atoms with E-state index in [1.807, 2.05) is 13.0 Å². The second-order valence-corrected chi connectivity index (χ2v) is 5.59. The number of benzene rings is 2. The minimum Gasteiger partial charge on any atom is -0.504 e. The topological polar surface area (TPSA) is 98.7 Å². The van der Waals surface area contributed by atoms with E-state index in [0.717, 1.165) is 5.56 Å². The average molecular weight is 312 g/mol. The Labute approximate surface area is 132 Å². The molecule has 0 bridgehead atoms. The number of carbonyl (C=O) groups excluding carboxylic acids is 2. The Bertz CT molecular complexity index is 801. The van der Waals surface area contributed by atoms with E-state index >= 15 is 0 Å². The molecule has 0 aliphatic carbocycles. The van der Waals surface area contributed by atoms with E-state index in [1.165, 1.54) is 12.1 Å². The molecule has 1 aliphatic heterocycles. The Kier molecular flexibility index (Phi) is 3.65. The summed E-state index contributed by atoms with van der Waals surface area (Å²) < 4.78 is 0. The zero-order chi connectivity index (χ0) is 16.6. The first kappa shape index (κ1) is 14.9. The summed E-state index contributed by atoms with van der Waals surface area (Å²) in [5, 5.41) is 24.3. The highest BCUT2D eigenvalue weighted by Gasteiger charge is 2.28. The first-order valence-corrected chi connectivity index (χ1v) is 7.17. The van der Waals surface area contributed by atoms with Crippen LogP contribution in [0.15, 0.2) is 36.4 Å². The van der Waals surface area contributed by atoms with Crippen molar-refractivity contribution in [1.29, 1.82) is 0 Å². The minimum atomic E-state index is -0.765. The van der Waals surface area contributed by atoms with E-state index in [0.29, 0.717) is 16.8 Å². The second-order valence-electron chi connectivity index (χ2n) is 5.59. The predicted octanol–water partition coefficient (Wildman–Crippen LogP) is 1.70. The SMILES string of the molecule is Cc1ccc2c(c1)NC(=O)[C@H](Cc1ccc(O)c(O)c1)NC2=O. The maximum absolute atomic E-state index is 12.4. The molecule has 0 saturated heterocycles. The highest BCUT2D eigenvalue weighted by Crippen LogP contribution is 2.26. The standard InChI is InChI=1S/C17H16N2O4/c1-9-2-4-11-12(6-9)18-17(23)13(19-16(11)22)7-10-3-5-14(20)15(21)8-10/h2-6,8,13,20-21H,7H2,1H3,(H,18,23)(H,19,22)/t13-/m0/s1. The van der Waals surface area contributed by atoms with Crippen LogP contribution in [0.2, 0.25) is 0 Å². The zero-order valence-electron chi connectivity index (χ0n) is 12.5. The van der Waals surface area contributed by atoms with Gasteiger partial charge in [0.2, 0.25) is 5.91 Å². The molecule has 1 atom stereocenters. The second kappa shape index (κ2) is 5.64. The van der Waals surface area contributed by atoms with E-state index in [-0.39, 0.29) is 29.7 Å². The Morgan fingerprint density at radius 1 is 1.04 bits per heavy atom. The normalized spacial score (nSPS) is 17.0. The Morgan fingerprint density at radius 3 is 2.57 bits per heavy atom. The number of aryl methyl sites for hydroxylation is 1. The molecule has 0 saturated carbocycles. The van der Waals surface area contributed by atoms with Crippen molar-refractivity contribution in [3.8, 4) is 11.5 Å². The molecule has 0 fully saturated rings. The van der Waals surface area contributed by atoms with E-state index < -0.39 is 6.04 Å². The lowest BCUT2D eigenvalue weighted by Gasteiger charge is -2.15. The largest absolute Gasteiger partial charge is 0.504 e. The summed E-state index contributed by atoms with van der Waals surface area (Å²) in [5.41, 5.74) is 2.48. The average Bonchev–Trinajstić information content (AvgIpc) is 2.60. The molecular weight excluding hydrogens is 296 g/mol. The van der Waals surface area contributed by atoms with Crippen molar-refractivity contribution in [2.45, 2.75) is 19.4 Å². The summed E-state index contributed by atoms with van der Waals surface area (Å²) in [4.78, 5) is 24.6. The number of nitrogens with one attached hydrogen (secondary N) is 2. The van der Waals surface area contributed by atoms with E-state index in [2.05, 4.69) is 10.6 Å². The van der Waals surface area contributed by atoms with Crippen LogP contribution >= 0.6 is 0 Å². The fraction of sp³-hybridized carbons (Fsp3) is 0.176. The molecule has 0 spiro atoms. The lowest BCUT2D eigenvalue weighted by atomic mass is 10.0. The van der Waals surface area contributed by atoms with Crippen LogP contribution in [0, 0.1) is 6.92 Å². The summed E-state index contributed by atoms with van der Waals surface area (Å²) in [6.45, 7) is 1.88. The molecule has 1 heterocycles. The number of rotatable bonds is 2. The lowest BCUT2D eigenvalue weighted by molar-refractivity contribution is -0.117. The van der Waals surface area contributed by atoms with Gasteiger partial charge >= 0.3 is 0 Å². The van der Waals surface area contributed by atoms with E-state index in [1.54, 1.807) is 18.2 Å². The van der Waals surface area contributed by atoms with Crippen LogP contribution in [0.25, 0.3) is 0 Å². The van der Waals surface area contributed by atoms with Crippen LogP contribution in [0.1, 0.15) is 21.5 Å². The number of fused-ring (bicyclic) bond motifs is 1. The van der Waals surface area contributed by atoms with Gasteiger partial charge in [-0.1, -0.05) is 12.1 Å². The first-order chi connectivity index (χ1) is 10.9. The van der Waals surface area contributed by atoms with Gasteiger partial charge in [0.15, 0.2) is 11.5 Å². The third kappa shape index (κ3) is 2.96. The molecule has 4 N–H and O–H groups in total. The highest BCUT2D eigenvalue weighted by atomic mass is 16.3. The molecule has 2 amide bonds. The van der Waals surface area contributed by atoms with Crippen LogP contribution in [0.4, 0.5) is 5.69 Å². The summed E-state index contributed by atoms with van der Waals surface area (Å²) in [5.74, 6) is -1.14. The summed E-state index contributed by atoms with van der Waals surface area (Å²) in [6, 6.07) is 8.78. The fourth-order valence-electron chi connectivity index (χ4n) is 2.56. The number of aromatic hydroxyl groups is 2. The van der Waals surface area contributed by atoms with E-state index in [9.17, 15) is 19.8 Å². The maximum Gasteiger partial charge on any atom is 0.254 e. The number of phenols is 2. The van der Waals surface area contributed by atoms with Crippen LogP contribution < -0.4 is 10.6 Å². The van der Waals surface area contributed by atoms with Crippen molar-refractivity contribution >= 4 is 17.5 Å². The third-order valence-electron chi connectivity index (χ3n) is 3.78. The van der Waals surface area contributed by atoms with Crippen molar-refractivity contribution in [3.05, 3.63) is 53.1 Å². The molecule has 118 valence electrons. The van der Waals surface area contributed by atoms with Gasteiger partial charge in [0.05, 0.1) is 11.3 Å². The van der Waals surface area contributed by atoms with Crippen molar-refractivity contribution in [1.82, 2.24) is 5.32 Å². The number of amides is 2. The Balaban J connectivity index is 1.86. The smallest absolute Gasteiger partial charge is 0.254 e. The van der Waals surface area contributed by atoms with Gasteiger partial charge in [0.25, 0.3) is 5.91 Å². The summed E-state index contributed by atoms with van der Waals surface area (Å²) in [7, 11) is 0. The molecule has 2 aromatic rings. The number of carbonyl (C=O) groups is 2. The van der Waals surface area contributed by atoms with Gasteiger partial charge in [0.1, 0.15) is 6.04 Å². The number of phenolic OH excluding ortho intramolecular Hbond substituents is 2. The maximum atomic E-state index is 12.4. The molecule has 23 heavy (non-hydrogen) atoms. The highest BCUT2D eigenvalue weighted by molar-refractivity contribution is 6.10. The fourth-order valence-corrected chi connectivity index (χ4v) is 2.56. The van der Waals surface area contributed by atoms with E-state index in [4.69, 9.17) is 0 Å². The summed E-state index contributed by atoms with van der Waals surface area (Å²) >= 11 is 0. The Morgan fingerprint density at radius 2 is 1.83 bits per heavy atom. The van der Waals surface area contributed by atoms with Crippen molar-refractivity contribution in [3.63, 3.8) is 0 Å². The zero-order valence-corrected chi connectivity index (χ0v) is 12.5. The Hall–Kier alpha value is -3.02. The van der Waals surface area contributed by atoms with Crippen molar-refractivity contribution in [2.75, 3.05) is 5.32 Å². The summed E-state index contributed by atoms with van der Waals surface area (Å²) in [6.07, 6.45) is 0.207. The van der Waals surface area contributed by atoms with Crippen molar-refractivity contribution in [2.24, 2.45) is 0 Å². The van der Waals surface area contributed by atoms with Crippen LogP contribution in [-0.4, -0.2) is 28.1 Å². The van der Waals surface area contributed by atoms with Gasteiger partial charge in [-0.3, -0.25) is 9.59 Å². The predicted molar refractivity (Wildman–Crippen MR) is 84.5 cm³/mol. The van der Waals surface area contributed by atoms with Crippen LogP contribution in [0.5, 0.6) is 11.5 Å². The van der Waals surface area contributed by atoms with Gasteiger partial charge in [-0.25, -0.2) is 0 Å². The van der Waals surface area contributed by atoms with Crippen LogP contribution in [-0.2, 0) is 11.2 Å². The molecule has 6 nitrogen and oxygen atoms in total. The molecule has 3 rings (SSSR count). The third-order valence-corrected chi connectivity index (χ3v) is 3.78. The lowest BCUT2D eigenvalue weighted by Crippen LogP contribution is -2.42. The van der Waals surface area contributed by atoms with Gasteiger partial charge < -0.3 is 20.8 Å². The van der Waals surface area contributed by atoms with Crippen molar-refractivity contribution < 1.29 is 19.8 Å². The molecule has 0 aromatic heterocycles.